The first kappa shape index (κ1) is 19.3. The maximum absolute atomic E-state index is 12.1. The summed E-state index contributed by atoms with van der Waals surface area (Å²) in [6.07, 6.45) is 0.458. The van der Waals surface area contributed by atoms with Crippen LogP contribution in [0.1, 0.15) is 24.9 Å². The number of carbonyl (C=O) groups is 1. The lowest BCUT2D eigenvalue weighted by molar-refractivity contribution is -0.122. The number of nitrogens with zero attached hydrogens (tertiary/aromatic N) is 1. The SMILES string of the molecule is C[C@H](NC(=O)CCN(C)CCOc1ccccc1Cl)c1ccccc1. The van der Waals surface area contributed by atoms with Crippen LogP contribution >= 0.6 is 11.6 Å². The minimum absolute atomic E-state index is 0.0163. The van der Waals surface area contributed by atoms with Gasteiger partial charge in [0.2, 0.25) is 5.91 Å². The van der Waals surface area contributed by atoms with Gasteiger partial charge in [0.1, 0.15) is 12.4 Å². The Hall–Kier alpha value is -2.04. The molecule has 0 radical (unpaired) electrons. The van der Waals surface area contributed by atoms with Crippen molar-refractivity contribution < 1.29 is 9.53 Å². The molecular formula is C20H25ClN2O2. The molecule has 1 amide bonds. The molecule has 0 saturated heterocycles. The molecule has 0 saturated carbocycles. The smallest absolute Gasteiger partial charge is 0.221 e. The molecule has 0 aromatic heterocycles. The fraction of sp³-hybridized carbons (Fsp3) is 0.350. The molecule has 0 aliphatic heterocycles. The third kappa shape index (κ3) is 6.77. The van der Waals surface area contributed by atoms with Crippen molar-refractivity contribution in [2.24, 2.45) is 0 Å². The van der Waals surface area contributed by atoms with E-state index in [0.29, 0.717) is 30.3 Å². The Kier molecular flexibility index (Phi) is 7.76. The van der Waals surface area contributed by atoms with Gasteiger partial charge >= 0.3 is 0 Å². The predicted molar refractivity (Wildman–Crippen MR) is 102 cm³/mol. The van der Waals surface area contributed by atoms with Crippen LogP contribution in [0.15, 0.2) is 54.6 Å². The van der Waals surface area contributed by atoms with Crippen molar-refractivity contribution in [2.75, 3.05) is 26.7 Å². The van der Waals surface area contributed by atoms with Crippen LogP contribution in [0.3, 0.4) is 0 Å². The summed E-state index contributed by atoms with van der Waals surface area (Å²) in [6, 6.07) is 17.4. The molecule has 2 rings (SSSR count). The van der Waals surface area contributed by atoms with Gasteiger partial charge in [-0.2, -0.15) is 0 Å². The average Bonchev–Trinajstić information content (AvgIpc) is 2.62. The fourth-order valence-corrected chi connectivity index (χ4v) is 2.61. The number of hydrogen-bond acceptors (Lipinski definition) is 3. The summed E-state index contributed by atoms with van der Waals surface area (Å²) in [5.41, 5.74) is 1.11. The van der Waals surface area contributed by atoms with E-state index in [0.717, 1.165) is 12.1 Å². The molecular weight excluding hydrogens is 336 g/mol. The van der Waals surface area contributed by atoms with Gasteiger partial charge in [-0.05, 0) is 31.7 Å². The number of amides is 1. The lowest BCUT2D eigenvalue weighted by atomic mass is 10.1. The van der Waals surface area contributed by atoms with E-state index in [9.17, 15) is 4.79 Å². The number of para-hydroxylation sites is 1. The van der Waals surface area contributed by atoms with Gasteiger partial charge in [-0.1, -0.05) is 54.1 Å². The molecule has 1 N–H and O–H groups in total. The standard InChI is InChI=1S/C20H25ClN2O2/c1-16(17-8-4-3-5-9-17)22-20(24)12-13-23(2)14-15-25-19-11-7-6-10-18(19)21/h3-11,16H,12-15H2,1-2H3,(H,22,24)/t16-/m0/s1. The van der Waals surface area contributed by atoms with Crippen LogP contribution in [0.4, 0.5) is 0 Å². The number of rotatable bonds is 9. The summed E-state index contributed by atoms with van der Waals surface area (Å²) in [5, 5.41) is 3.64. The van der Waals surface area contributed by atoms with Crippen LogP contribution < -0.4 is 10.1 Å². The number of halogens is 1. The quantitative estimate of drug-likeness (QED) is 0.737. The minimum atomic E-state index is 0.0163. The molecule has 0 heterocycles. The highest BCUT2D eigenvalue weighted by Crippen LogP contribution is 2.22. The summed E-state index contributed by atoms with van der Waals surface area (Å²) in [7, 11) is 1.98. The van der Waals surface area contributed by atoms with E-state index in [1.54, 1.807) is 6.07 Å². The lowest BCUT2D eigenvalue weighted by Crippen LogP contribution is -2.32. The van der Waals surface area contributed by atoms with E-state index in [2.05, 4.69) is 10.2 Å². The highest BCUT2D eigenvalue weighted by Gasteiger charge is 2.10. The first-order chi connectivity index (χ1) is 12.1. The van der Waals surface area contributed by atoms with Gasteiger partial charge < -0.3 is 15.0 Å². The number of likely N-dealkylation sites (N-methyl/N-ethyl adjacent to an activating group) is 1. The zero-order valence-electron chi connectivity index (χ0n) is 14.7. The molecule has 134 valence electrons. The Morgan fingerprint density at radius 1 is 1.12 bits per heavy atom. The number of carbonyl (C=O) groups excluding carboxylic acids is 1. The summed E-state index contributed by atoms with van der Waals surface area (Å²) in [6.45, 7) is 3.93. The molecule has 5 heteroatoms. The van der Waals surface area contributed by atoms with E-state index in [-0.39, 0.29) is 11.9 Å². The number of nitrogens with one attached hydrogen (secondary N) is 1. The van der Waals surface area contributed by atoms with E-state index >= 15 is 0 Å². The Morgan fingerprint density at radius 2 is 1.80 bits per heavy atom. The summed E-state index contributed by atoms with van der Waals surface area (Å²) < 4.78 is 5.66. The molecule has 25 heavy (non-hydrogen) atoms. The lowest BCUT2D eigenvalue weighted by Gasteiger charge is -2.18. The van der Waals surface area contributed by atoms with Gasteiger partial charge in [0.05, 0.1) is 11.1 Å². The van der Waals surface area contributed by atoms with Gasteiger partial charge in [0.15, 0.2) is 0 Å². The van der Waals surface area contributed by atoms with Crippen molar-refractivity contribution in [3.05, 3.63) is 65.2 Å². The second-order valence-electron chi connectivity index (χ2n) is 6.03. The molecule has 2 aromatic carbocycles. The normalized spacial score (nSPS) is 12.0. The molecule has 0 fully saturated rings. The number of hydrogen-bond donors (Lipinski definition) is 1. The highest BCUT2D eigenvalue weighted by atomic mass is 35.5. The molecule has 2 aromatic rings. The van der Waals surface area contributed by atoms with Crippen LogP contribution in [0.5, 0.6) is 5.75 Å². The van der Waals surface area contributed by atoms with E-state index < -0.39 is 0 Å². The van der Waals surface area contributed by atoms with Crippen LogP contribution in [0.25, 0.3) is 0 Å². The van der Waals surface area contributed by atoms with Crippen molar-refractivity contribution in [1.82, 2.24) is 10.2 Å². The monoisotopic (exact) mass is 360 g/mol. The average molecular weight is 361 g/mol. The van der Waals surface area contributed by atoms with E-state index in [4.69, 9.17) is 16.3 Å². The van der Waals surface area contributed by atoms with Crippen molar-refractivity contribution in [3.8, 4) is 5.75 Å². The Morgan fingerprint density at radius 3 is 2.52 bits per heavy atom. The van der Waals surface area contributed by atoms with Crippen molar-refractivity contribution in [3.63, 3.8) is 0 Å². The first-order valence-electron chi connectivity index (χ1n) is 8.46. The van der Waals surface area contributed by atoms with E-state index in [1.807, 2.05) is 62.5 Å². The van der Waals surface area contributed by atoms with Gasteiger partial charge in [-0.15, -0.1) is 0 Å². The van der Waals surface area contributed by atoms with Crippen LogP contribution in [-0.2, 0) is 4.79 Å². The number of benzene rings is 2. The summed E-state index contributed by atoms with van der Waals surface area (Å²) in [4.78, 5) is 14.2. The molecule has 0 unspecified atom stereocenters. The van der Waals surface area contributed by atoms with Gasteiger partial charge in [0, 0.05) is 19.5 Å². The first-order valence-corrected chi connectivity index (χ1v) is 8.84. The summed E-state index contributed by atoms with van der Waals surface area (Å²) >= 11 is 6.05. The van der Waals surface area contributed by atoms with Crippen LogP contribution in [0.2, 0.25) is 5.02 Å². The molecule has 1 atom stereocenters. The largest absolute Gasteiger partial charge is 0.491 e. The third-order valence-electron chi connectivity index (χ3n) is 3.96. The van der Waals surface area contributed by atoms with Crippen molar-refractivity contribution in [1.29, 1.82) is 0 Å². The minimum Gasteiger partial charge on any atom is -0.491 e. The molecule has 0 spiro atoms. The van der Waals surface area contributed by atoms with Gasteiger partial charge in [0.25, 0.3) is 0 Å². The maximum Gasteiger partial charge on any atom is 0.221 e. The Balaban J connectivity index is 1.65. The Labute approximate surface area is 154 Å². The molecule has 0 aliphatic carbocycles. The predicted octanol–water partition coefficient (Wildman–Crippen LogP) is 3.92. The number of ether oxygens (including phenoxy) is 1. The third-order valence-corrected chi connectivity index (χ3v) is 4.28. The zero-order valence-corrected chi connectivity index (χ0v) is 15.5. The molecule has 0 aliphatic rings. The second-order valence-corrected chi connectivity index (χ2v) is 6.44. The van der Waals surface area contributed by atoms with Crippen LogP contribution in [0, 0.1) is 0 Å². The Bertz CT molecular complexity index is 664. The molecule has 0 bridgehead atoms. The van der Waals surface area contributed by atoms with Crippen molar-refractivity contribution >= 4 is 17.5 Å². The highest BCUT2D eigenvalue weighted by molar-refractivity contribution is 6.32. The topological polar surface area (TPSA) is 41.6 Å². The molecule has 4 nitrogen and oxygen atoms in total. The summed E-state index contributed by atoms with van der Waals surface area (Å²) in [5.74, 6) is 0.738. The van der Waals surface area contributed by atoms with E-state index in [1.165, 1.54) is 0 Å². The van der Waals surface area contributed by atoms with Crippen molar-refractivity contribution in [2.45, 2.75) is 19.4 Å². The van der Waals surface area contributed by atoms with Gasteiger partial charge in [-0.3, -0.25) is 4.79 Å². The van der Waals surface area contributed by atoms with Gasteiger partial charge in [-0.25, -0.2) is 0 Å². The maximum atomic E-state index is 12.1. The van der Waals surface area contributed by atoms with Crippen LogP contribution in [-0.4, -0.2) is 37.6 Å². The fourth-order valence-electron chi connectivity index (χ4n) is 2.42. The second kappa shape index (κ2) is 10.1. The zero-order chi connectivity index (χ0) is 18.1.